The molecule has 31 heavy (non-hydrogen) atoms. The molecule has 0 saturated carbocycles. The molecule has 1 amide bonds. The fourth-order valence-electron chi connectivity index (χ4n) is 4.79. The molecule has 2 aromatic rings. The van der Waals surface area contributed by atoms with Crippen LogP contribution in [0.2, 0.25) is 0 Å². The van der Waals surface area contributed by atoms with E-state index >= 15 is 0 Å². The molecule has 9 nitrogen and oxygen atoms in total. The van der Waals surface area contributed by atoms with E-state index in [1.165, 1.54) is 16.8 Å². The number of fused-ring (bicyclic) bond motifs is 2. The van der Waals surface area contributed by atoms with Gasteiger partial charge in [0.2, 0.25) is 5.91 Å². The summed E-state index contributed by atoms with van der Waals surface area (Å²) in [4.78, 5) is 17.1. The van der Waals surface area contributed by atoms with E-state index in [2.05, 4.69) is 39.1 Å². The summed E-state index contributed by atoms with van der Waals surface area (Å²) in [6, 6.07) is 0. The van der Waals surface area contributed by atoms with Crippen LogP contribution in [0, 0.1) is 5.92 Å². The number of amides is 1. The van der Waals surface area contributed by atoms with Gasteiger partial charge in [0.05, 0.1) is 23.7 Å². The monoisotopic (exact) mass is 430 g/mol. The van der Waals surface area contributed by atoms with Crippen LogP contribution in [0.25, 0.3) is 0 Å². The van der Waals surface area contributed by atoms with Gasteiger partial charge in [-0.25, -0.2) is 0 Å². The summed E-state index contributed by atoms with van der Waals surface area (Å²) in [5.74, 6) is 0.598. The number of ether oxygens (including phenoxy) is 2. The summed E-state index contributed by atoms with van der Waals surface area (Å²) in [5, 5.41) is 15.7. The van der Waals surface area contributed by atoms with Gasteiger partial charge in [-0.2, -0.15) is 10.2 Å². The predicted octanol–water partition coefficient (Wildman–Crippen LogP) is 1.61. The van der Waals surface area contributed by atoms with Crippen LogP contribution in [-0.4, -0.2) is 76.6 Å². The zero-order valence-electron chi connectivity index (χ0n) is 19.0. The number of carbonyl (C=O) groups is 1. The van der Waals surface area contributed by atoms with Gasteiger partial charge in [-0.05, 0) is 24.7 Å². The molecule has 9 heteroatoms. The lowest BCUT2D eigenvalue weighted by atomic mass is 9.94. The van der Waals surface area contributed by atoms with Gasteiger partial charge in [0.25, 0.3) is 0 Å². The first-order chi connectivity index (χ1) is 15.0. The van der Waals surface area contributed by atoms with E-state index in [9.17, 15) is 4.79 Å². The third-order valence-corrected chi connectivity index (χ3v) is 6.37. The van der Waals surface area contributed by atoms with Crippen LogP contribution in [-0.2, 0) is 46.7 Å². The zero-order valence-corrected chi connectivity index (χ0v) is 19.0. The highest BCUT2D eigenvalue weighted by Crippen LogP contribution is 2.30. The van der Waals surface area contributed by atoms with Gasteiger partial charge < -0.3 is 14.4 Å². The van der Waals surface area contributed by atoms with E-state index in [-0.39, 0.29) is 18.4 Å². The minimum atomic E-state index is 0.0225. The number of aromatic nitrogens is 4. The molecule has 4 heterocycles. The summed E-state index contributed by atoms with van der Waals surface area (Å²) in [5.41, 5.74) is 7.00. The number of rotatable bonds is 8. The van der Waals surface area contributed by atoms with Gasteiger partial charge >= 0.3 is 0 Å². The van der Waals surface area contributed by atoms with E-state index in [0.29, 0.717) is 19.0 Å². The van der Waals surface area contributed by atoms with Crippen LogP contribution >= 0.6 is 0 Å². The SMILES string of the molecule is COCCN1Cc2[nH]nc(CC3Cc4[nH]nc(C(C)C)c4CN(C(=O)COC)C3)c2C1. The number of methoxy groups -OCH3 is 2. The molecule has 2 aromatic heterocycles. The van der Waals surface area contributed by atoms with E-state index in [1.807, 2.05) is 4.90 Å². The molecule has 0 fully saturated rings. The van der Waals surface area contributed by atoms with Crippen LogP contribution < -0.4 is 0 Å². The quantitative estimate of drug-likeness (QED) is 0.660. The Hall–Kier alpha value is -2.23. The molecule has 2 aliphatic rings. The van der Waals surface area contributed by atoms with Crippen molar-refractivity contribution in [2.24, 2.45) is 5.92 Å². The summed E-state index contributed by atoms with van der Waals surface area (Å²) in [7, 11) is 3.30. The lowest BCUT2D eigenvalue weighted by Crippen LogP contribution is -2.37. The van der Waals surface area contributed by atoms with Gasteiger partial charge in [0, 0.05) is 63.8 Å². The third kappa shape index (κ3) is 4.68. The molecule has 0 bridgehead atoms. The van der Waals surface area contributed by atoms with Crippen molar-refractivity contribution in [3.05, 3.63) is 33.9 Å². The fraction of sp³-hybridized carbons (Fsp3) is 0.682. The molecule has 0 aliphatic carbocycles. The van der Waals surface area contributed by atoms with E-state index in [1.54, 1.807) is 14.2 Å². The second-order valence-corrected chi connectivity index (χ2v) is 9.03. The largest absolute Gasteiger partial charge is 0.383 e. The molecular weight excluding hydrogens is 396 g/mol. The van der Waals surface area contributed by atoms with Crippen molar-refractivity contribution < 1.29 is 14.3 Å². The van der Waals surface area contributed by atoms with Gasteiger partial charge in [-0.1, -0.05) is 13.8 Å². The van der Waals surface area contributed by atoms with Crippen LogP contribution in [0.15, 0.2) is 0 Å². The average molecular weight is 431 g/mol. The molecule has 0 saturated heterocycles. The molecule has 4 rings (SSSR count). The first-order valence-electron chi connectivity index (χ1n) is 11.1. The highest BCUT2D eigenvalue weighted by Gasteiger charge is 2.31. The normalized spacial score (nSPS) is 19.0. The second kappa shape index (κ2) is 9.50. The summed E-state index contributed by atoms with van der Waals surface area (Å²) < 4.78 is 10.4. The number of hydrogen-bond donors (Lipinski definition) is 2. The molecule has 170 valence electrons. The van der Waals surface area contributed by atoms with Crippen molar-refractivity contribution in [3.63, 3.8) is 0 Å². The Morgan fingerprint density at radius 3 is 2.65 bits per heavy atom. The molecule has 1 atom stereocenters. The van der Waals surface area contributed by atoms with Crippen LogP contribution in [0.3, 0.4) is 0 Å². The standard InChI is InChI=1S/C22H34N6O3/c1-14(2)22-17-11-28(21(29)13-31-4)9-15(8-19(17)24-26-22)7-18-16-10-27(5-6-30-3)12-20(16)25-23-18/h14-15H,5-13H2,1-4H3,(H,23,25)(H,24,26). The van der Waals surface area contributed by atoms with Crippen molar-refractivity contribution in [1.82, 2.24) is 30.2 Å². The van der Waals surface area contributed by atoms with Crippen molar-refractivity contribution in [2.45, 2.75) is 52.2 Å². The van der Waals surface area contributed by atoms with Crippen molar-refractivity contribution in [3.8, 4) is 0 Å². The second-order valence-electron chi connectivity index (χ2n) is 9.03. The first kappa shape index (κ1) is 22.0. The Balaban J connectivity index is 1.54. The minimum absolute atomic E-state index is 0.0225. The molecule has 2 aliphatic heterocycles. The molecule has 1 unspecified atom stereocenters. The maximum atomic E-state index is 12.8. The lowest BCUT2D eigenvalue weighted by Gasteiger charge is -2.25. The van der Waals surface area contributed by atoms with Crippen LogP contribution in [0.1, 0.15) is 53.7 Å². The Bertz CT molecular complexity index is 905. The molecule has 0 radical (unpaired) electrons. The molecule has 0 aromatic carbocycles. The summed E-state index contributed by atoms with van der Waals surface area (Å²) in [6.45, 7) is 9.09. The van der Waals surface area contributed by atoms with Gasteiger partial charge in [-0.15, -0.1) is 0 Å². The van der Waals surface area contributed by atoms with Gasteiger partial charge in [-0.3, -0.25) is 19.9 Å². The Labute approximate surface area is 183 Å². The minimum Gasteiger partial charge on any atom is -0.383 e. The van der Waals surface area contributed by atoms with Crippen molar-refractivity contribution >= 4 is 5.91 Å². The molecule has 2 N–H and O–H groups in total. The topological polar surface area (TPSA) is 99.4 Å². The maximum Gasteiger partial charge on any atom is 0.248 e. The smallest absolute Gasteiger partial charge is 0.248 e. The molecule has 0 spiro atoms. The number of carbonyl (C=O) groups excluding carboxylic acids is 1. The maximum absolute atomic E-state index is 12.8. The summed E-state index contributed by atoms with van der Waals surface area (Å²) >= 11 is 0. The van der Waals surface area contributed by atoms with Crippen molar-refractivity contribution in [1.29, 1.82) is 0 Å². The van der Waals surface area contributed by atoms with Crippen LogP contribution in [0.5, 0.6) is 0 Å². The molecular formula is C22H34N6O3. The predicted molar refractivity (Wildman–Crippen MR) is 115 cm³/mol. The number of nitrogens with one attached hydrogen (secondary N) is 2. The third-order valence-electron chi connectivity index (χ3n) is 6.37. The highest BCUT2D eigenvalue weighted by molar-refractivity contribution is 5.77. The first-order valence-corrected chi connectivity index (χ1v) is 11.1. The number of H-pyrrole nitrogens is 2. The average Bonchev–Trinajstić information content (AvgIpc) is 3.39. The van der Waals surface area contributed by atoms with Crippen molar-refractivity contribution in [2.75, 3.05) is 40.5 Å². The fourth-order valence-corrected chi connectivity index (χ4v) is 4.79. The van der Waals surface area contributed by atoms with Gasteiger partial charge in [0.15, 0.2) is 0 Å². The van der Waals surface area contributed by atoms with E-state index in [0.717, 1.165) is 56.2 Å². The van der Waals surface area contributed by atoms with E-state index < -0.39 is 0 Å². The van der Waals surface area contributed by atoms with E-state index in [4.69, 9.17) is 9.47 Å². The Morgan fingerprint density at radius 2 is 1.90 bits per heavy atom. The zero-order chi connectivity index (χ0) is 22.0. The number of hydrogen-bond acceptors (Lipinski definition) is 6. The highest BCUT2D eigenvalue weighted by atomic mass is 16.5. The number of aromatic amines is 2. The Morgan fingerprint density at radius 1 is 1.10 bits per heavy atom. The van der Waals surface area contributed by atoms with Crippen LogP contribution in [0.4, 0.5) is 0 Å². The number of nitrogens with zero attached hydrogens (tertiary/aromatic N) is 4. The Kier molecular flexibility index (Phi) is 6.74. The lowest BCUT2D eigenvalue weighted by molar-refractivity contribution is -0.136. The summed E-state index contributed by atoms with van der Waals surface area (Å²) in [6.07, 6.45) is 1.69. The van der Waals surface area contributed by atoms with Gasteiger partial charge in [0.1, 0.15) is 6.61 Å².